The molecule has 3 N–H and O–H groups in total. The highest BCUT2D eigenvalue weighted by Gasteiger charge is 2.11. The van der Waals surface area contributed by atoms with E-state index in [9.17, 15) is 0 Å². The minimum atomic E-state index is -0.357. The van der Waals surface area contributed by atoms with Crippen LogP contribution in [0.4, 0.5) is 0 Å². The first kappa shape index (κ1) is 11.0. The van der Waals surface area contributed by atoms with E-state index in [0.717, 1.165) is 17.0 Å². The normalized spacial score (nSPS) is 13.6. The third-order valence-corrected chi connectivity index (χ3v) is 2.60. The molecule has 0 amide bonds. The molecular weight excluding hydrogens is 204 g/mol. The van der Waals surface area contributed by atoms with Gasteiger partial charge in [0.25, 0.3) is 0 Å². The number of hydrogen-bond donors (Lipinski definition) is 2. The molecule has 2 heterocycles. The van der Waals surface area contributed by atoms with E-state index in [-0.39, 0.29) is 12.6 Å². The predicted molar refractivity (Wildman–Crippen MR) is 61.1 cm³/mol. The van der Waals surface area contributed by atoms with Gasteiger partial charge in [0.2, 0.25) is 0 Å². The standard InChI is InChI=1S/C11H16N4O/c1-7(2)11-14-13-10-5-8(9(12)6-16)3-4-15(10)11/h3-5,7,9,16H,6,12H2,1-2H3. The topological polar surface area (TPSA) is 76.4 Å². The van der Waals surface area contributed by atoms with Crippen LogP contribution in [0, 0.1) is 0 Å². The predicted octanol–water partition coefficient (Wildman–Crippen LogP) is 0.845. The van der Waals surface area contributed by atoms with Crippen molar-refractivity contribution < 1.29 is 5.11 Å². The van der Waals surface area contributed by atoms with Crippen molar-refractivity contribution in [1.82, 2.24) is 14.6 Å². The van der Waals surface area contributed by atoms with E-state index < -0.39 is 0 Å². The maximum Gasteiger partial charge on any atom is 0.161 e. The number of aliphatic hydroxyl groups is 1. The molecule has 0 bridgehead atoms. The molecule has 0 radical (unpaired) electrons. The molecule has 0 aliphatic carbocycles. The van der Waals surface area contributed by atoms with E-state index in [2.05, 4.69) is 24.0 Å². The quantitative estimate of drug-likeness (QED) is 0.803. The van der Waals surface area contributed by atoms with Gasteiger partial charge in [-0.25, -0.2) is 0 Å². The fraction of sp³-hybridized carbons (Fsp3) is 0.455. The largest absolute Gasteiger partial charge is 0.394 e. The minimum absolute atomic E-state index is 0.0681. The highest BCUT2D eigenvalue weighted by Crippen LogP contribution is 2.16. The van der Waals surface area contributed by atoms with Gasteiger partial charge >= 0.3 is 0 Å². The zero-order valence-corrected chi connectivity index (χ0v) is 9.46. The Morgan fingerprint density at radius 2 is 2.19 bits per heavy atom. The first-order valence-electron chi connectivity index (χ1n) is 5.34. The maximum absolute atomic E-state index is 8.99. The maximum atomic E-state index is 8.99. The summed E-state index contributed by atoms with van der Waals surface area (Å²) in [5, 5.41) is 17.2. The lowest BCUT2D eigenvalue weighted by Crippen LogP contribution is -2.14. The summed E-state index contributed by atoms with van der Waals surface area (Å²) >= 11 is 0. The summed E-state index contributed by atoms with van der Waals surface area (Å²) in [6.07, 6.45) is 1.90. The number of hydrogen-bond acceptors (Lipinski definition) is 4. The second kappa shape index (κ2) is 4.19. The molecule has 2 aromatic heterocycles. The van der Waals surface area contributed by atoms with E-state index in [1.165, 1.54) is 0 Å². The zero-order valence-electron chi connectivity index (χ0n) is 9.46. The first-order chi connectivity index (χ1) is 7.63. The van der Waals surface area contributed by atoms with E-state index in [1.54, 1.807) is 0 Å². The number of fused-ring (bicyclic) bond motifs is 1. The molecular formula is C11H16N4O. The number of nitrogens with two attached hydrogens (primary N) is 1. The molecule has 0 aliphatic rings. The molecule has 2 aromatic rings. The molecule has 16 heavy (non-hydrogen) atoms. The number of nitrogens with zero attached hydrogens (tertiary/aromatic N) is 3. The van der Waals surface area contributed by atoms with Gasteiger partial charge in [-0.05, 0) is 17.7 Å². The Kier molecular flexibility index (Phi) is 2.89. The van der Waals surface area contributed by atoms with Crippen LogP contribution in [0.3, 0.4) is 0 Å². The third kappa shape index (κ3) is 1.79. The van der Waals surface area contributed by atoms with Gasteiger partial charge in [0.15, 0.2) is 5.65 Å². The summed E-state index contributed by atoms with van der Waals surface area (Å²) in [4.78, 5) is 0. The first-order valence-corrected chi connectivity index (χ1v) is 5.34. The molecule has 0 aromatic carbocycles. The van der Waals surface area contributed by atoms with Crippen molar-refractivity contribution in [3.8, 4) is 0 Å². The lowest BCUT2D eigenvalue weighted by molar-refractivity contribution is 0.268. The van der Waals surface area contributed by atoms with Gasteiger partial charge < -0.3 is 10.8 Å². The van der Waals surface area contributed by atoms with Crippen LogP contribution < -0.4 is 5.73 Å². The second-order valence-corrected chi connectivity index (χ2v) is 4.19. The van der Waals surface area contributed by atoms with Crippen LogP contribution in [0.1, 0.15) is 37.2 Å². The molecule has 0 spiro atoms. The van der Waals surface area contributed by atoms with Crippen LogP contribution in [0.25, 0.3) is 5.65 Å². The molecule has 0 saturated carbocycles. The van der Waals surface area contributed by atoms with Crippen LogP contribution >= 0.6 is 0 Å². The molecule has 5 nitrogen and oxygen atoms in total. The third-order valence-electron chi connectivity index (χ3n) is 2.60. The fourth-order valence-corrected chi connectivity index (χ4v) is 1.65. The summed E-state index contributed by atoms with van der Waals surface area (Å²) in [5.74, 6) is 1.26. The van der Waals surface area contributed by atoms with Gasteiger partial charge in [0.1, 0.15) is 5.82 Å². The van der Waals surface area contributed by atoms with Crippen molar-refractivity contribution in [2.75, 3.05) is 6.61 Å². The summed E-state index contributed by atoms with van der Waals surface area (Å²) in [6, 6.07) is 3.40. The number of rotatable bonds is 3. The van der Waals surface area contributed by atoms with Gasteiger partial charge in [-0.1, -0.05) is 13.8 Å². The van der Waals surface area contributed by atoms with Crippen LogP contribution in [-0.2, 0) is 0 Å². The Bertz CT molecular complexity index is 492. The summed E-state index contributed by atoms with van der Waals surface area (Å²) in [6.45, 7) is 4.08. The van der Waals surface area contributed by atoms with Gasteiger partial charge in [0, 0.05) is 12.1 Å². The monoisotopic (exact) mass is 220 g/mol. The average molecular weight is 220 g/mol. The van der Waals surface area contributed by atoms with Gasteiger partial charge in [-0.15, -0.1) is 10.2 Å². The van der Waals surface area contributed by atoms with Gasteiger partial charge in [0.05, 0.1) is 12.6 Å². The van der Waals surface area contributed by atoms with Gasteiger partial charge in [-0.3, -0.25) is 4.40 Å². The lowest BCUT2D eigenvalue weighted by atomic mass is 10.1. The summed E-state index contributed by atoms with van der Waals surface area (Å²) in [5.41, 5.74) is 7.39. The van der Waals surface area contributed by atoms with Crippen molar-refractivity contribution in [2.24, 2.45) is 5.73 Å². The Morgan fingerprint density at radius 1 is 1.44 bits per heavy atom. The Hall–Kier alpha value is -1.46. The van der Waals surface area contributed by atoms with E-state index in [1.807, 2.05) is 22.7 Å². The van der Waals surface area contributed by atoms with Crippen molar-refractivity contribution in [1.29, 1.82) is 0 Å². The van der Waals surface area contributed by atoms with Crippen molar-refractivity contribution in [2.45, 2.75) is 25.8 Å². The number of aromatic nitrogens is 3. The molecule has 0 fully saturated rings. The van der Waals surface area contributed by atoms with Crippen molar-refractivity contribution in [3.05, 3.63) is 29.7 Å². The molecule has 1 unspecified atom stereocenters. The molecule has 0 aliphatic heterocycles. The highest BCUT2D eigenvalue weighted by molar-refractivity contribution is 5.42. The van der Waals surface area contributed by atoms with Crippen molar-refractivity contribution in [3.63, 3.8) is 0 Å². The molecule has 0 saturated heterocycles. The molecule has 2 rings (SSSR count). The Morgan fingerprint density at radius 3 is 2.81 bits per heavy atom. The fourth-order valence-electron chi connectivity index (χ4n) is 1.65. The Balaban J connectivity index is 2.49. The van der Waals surface area contributed by atoms with E-state index in [4.69, 9.17) is 10.8 Å². The summed E-state index contributed by atoms with van der Waals surface area (Å²) in [7, 11) is 0. The molecule has 1 atom stereocenters. The van der Waals surface area contributed by atoms with Crippen LogP contribution in [0.2, 0.25) is 0 Å². The van der Waals surface area contributed by atoms with Crippen molar-refractivity contribution >= 4 is 5.65 Å². The van der Waals surface area contributed by atoms with Crippen LogP contribution in [0.5, 0.6) is 0 Å². The summed E-state index contributed by atoms with van der Waals surface area (Å²) < 4.78 is 1.94. The second-order valence-electron chi connectivity index (χ2n) is 4.19. The van der Waals surface area contributed by atoms with E-state index in [0.29, 0.717) is 5.92 Å². The minimum Gasteiger partial charge on any atom is -0.394 e. The van der Waals surface area contributed by atoms with Crippen LogP contribution in [-0.4, -0.2) is 26.3 Å². The number of pyridine rings is 1. The number of aliphatic hydroxyl groups excluding tert-OH is 1. The lowest BCUT2D eigenvalue weighted by Gasteiger charge is -2.09. The zero-order chi connectivity index (χ0) is 11.7. The smallest absolute Gasteiger partial charge is 0.161 e. The van der Waals surface area contributed by atoms with Crippen LogP contribution in [0.15, 0.2) is 18.3 Å². The SMILES string of the molecule is CC(C)c1nnc2cc(C(N)CO)ccn12. The van der Waals surface area contributed by atoms with E-state index >= 15 is 0 Å². The highest BCUT2D eigenvalue weighted by atomic mass is 16.3. The Labute approximate surface area is 93.9 Å². The molecule has 86 valence electrons. The average Bonchev–Trinajstić information content (AvgIpc) is 2.70. The van der Waals surface area contributed by atoms with Gasteiger partial charge in [-0.2, -0.15) is 0 Å². The molecule has 5 heteroatoms.